The molecular formula is C24H35N3O5. The summed E-state index contributed by atoms with van der Waals surface area (Å²) in [5.74, 6) is 0.379. The molecule has 0 radical (unpaired) electrons. The van der Waals surface area contributed by atoms with E-state index in [0.717, 1.165) is 24.2 Å². The fourth-order valence-corrected chi connectivity index (χ4v) is 4.69. The average molecular weight is 446 g/mol. The van der Waals surface area contributed by atoms with Crippen LogP contribution in [0.25, 0.3) is 0 Å². The minimum Gasteiger partial charge on any atom is -0.497 e. The molecule has 3 N–H and O–H groups in total. The van der Waals surface area contributed by atoms with Gasteiger partial charge in [-0.1, -0.05) is 39.3 Å². The second-order valence-corrected chi connectivity index (χ2v) is 9.61. The minimum absolute atomic E-state index is 0.0201. The lowest BCUT2D eigenvalue weighted by Crippen LogP contribution is -2.51. The molecule has 1 aromatic carbocycles. The van der Waals surface area contributed by atoms with Crippen LogP contribution in [0.5, 0.6) is 5.75 Å². The van der Waals surface area contributed by atoms with Crippen LogP contribution < -0.4 is 15.4 Å². The van der Waals surface area contributed by atoms with Gasteiger partial charge in [0.2, 0.25) is 5.91 Å². The Balaban J connectivity index is 1.53. The standard InChI is InChI=1S/C24H35N3O5/c1-5-23(2,3)17-10-12-24(13-11-17)21(30)27(22(31)26-24)15-20(29)25-14-19(28)16-6-8-18(32-4)9-7-16/h6-9,17,19,28H,5,10-15H2,1-4H3,(H,25,29)(H,26,31). The van der Waals surface area contributed by atoms with Crippen molar-refractivity contribution in [2.75, 3.05) is 20.2 Å². The summed E-state index contributed by atoms with van der Waals surface area (Å²) in [7, 11) is 1.56. The lowest BCUT2D eigenvalue weighted by atomic mass is 9.65. The summed E-state index contributed by atoms with van der Waals surface area (Å²) < 4.78 is 5.09. The van der Waals surface area contributed by atoms with Gasteiger partial charge in [-0.15, -0.1) is 0 Å². The predicted molar refractivity (Wildman–Crippen MR) is 120 cm³/mol. The van der Waals surface area contributed by atoms with Crippen LogP contribution in [0.3, 0.4) is 0 Å². The van der Waals surface area contributed by atoms with Crippen LogP contribution >= 0.6 is 0 Å². The van der Waals surface area contributed by atoms with E-state index >= 15 is 0 Å². The highest BCUT2D eigenvalue weighted by molar-refractivity contribution is 6.09. The maximum Gasteiger partial charge on any atom is 0.325 e. The fraction of sp³-hybridized carbons (Fsp3) is 0.625. The molecule has 1 spiro atoms. The van der Waals surface area contributed by atoms with Gasteiger partial charge in [0.25, 0.3) is 5.91 Å². The molecule has 3 rings (SSSR count). The number of carbonyl (C=O) groups is 3. The third kappa shape index (κ3) is 4.90. The molecular weight excluding hydrogens is 410 g/mol. The number of aliphatic hydroxyl groups excluding tert-OH is 1. The van der Waals surface area contributed by atoms with Crippen LogP contribution in [0.15, 0.2) is 24.3 Å². The van der Waals surface area contributed by atoms with Gasteiger partial charge in [-0.25, -0.2) is 4.79 Å². The number of imide groups is 1. The Hall–Kier alpha value is -2.61. The number of amides is 4. The number of benzene rings is 1. The van der Waals surface area contributed by atoms with Gasteiger partial charge in [-0.2, -0.15) is 0 Å². The van der Waals surface area contributed by atoms with Gasteiger partial charge < -0.3 is 20.5 Å². The van der Waals surface area contributed by atoms with Crippen LogP contribution in [-0.4, -0.2) is 53.6 Å². The smallest absolute Gasteiger partial charge is 0.325 e. The fourth-order valence-electron chi connectivity index (χ4n) is 4.69. The van der Waals surface area contributed by atoms with Gasteiger partial charge in [-0.3, -0.25) is 14.5 Å². The van der Waals surface area contributed by atoms with Gasteiger partial charge in [-0.05, 0) is 54.7 Å². The van der Waals surface area contributed by atoms with Crippen molar-refractivity contribution < 1.29 is 24.2 Å². The van der Waals surface area contributed by atoms with Gasteiger partial charge in [0.15, 0.2) is 0 Å². The number of methoxy groups -OCH3 is 1. The van der Waals surface area contributed by atoms with Crippen molar-refractivity contribution >= 4 is 17.8 Å². The van der Waals surface area contributed by atoms with Crippen molar-refractivity contribution in [2.24, 2.45) is 11.3 Å². The highest BCUT2D eigenvalue weighted by Gasteiger charge is 2.53. The lowest BCUT2D eigenvalue weighted by Gasteiger charge is -2.42. The third-order valence-electron chi connectivity index (χ3n) is 7.40. The van der Waals surface area contributed by atoms with E-state index in [1.807, 2.05) is 0 Å². The summed E-state index contributed by atoms with van der Waals surface area (Å²) in [5, 5.41) is 15.8. The van der Waals surface area contributed by atoms with Gasteiger partial charge in [0.05, 0.1) is 13.2 Å². The van der Waals surface area contributed by atoms with Crippen molar-refractivity contribution in [1.29, 1.82) is 0 Å². The van der Waals surface area contributed by atoms with Crippen molar-refractivity contribution in [3.63, 3.8) is 0 Å². The molecule has 2 fully saturated rings. The number of hydrogen-bond acceptors (Lipinski definition) is 5. The van der Waals surface area contributed by atoms with E-state index in [0.29, 0.717) is 30.1 Å². The van der Waals surface area contributed by atoms with E-state index in [4.69, 9.17) is 4.74 Å². The monoisotopic (exact) mass is 445 g/mol. The largest absolute Gasteiger partial charge is 0.497 e. The molecule has 1 aromatic rings. The summed E-state index contributed by atoms with van der Waals surface area (Å²) in [6.07, 6.45) is 3.11. The number of nitrogens with zero attached hydrogens (tertiary/aromatic N) is 1. The molecule has 1 aliphatic carbocycles. The number of urea groups is 1. The SMILES string of the molecule is CCC(C)(C)C1CCC2(CC1)NC(=O)N(CC(=O)NCC(O)c1ccc(OC)cc1)C2=O. The van der Waals surface area contributed by atoms with Crippen LogP contribution in [0.2, 0.25) is 0 Å². The first-order chi connectivity index (χ1) is 15.1. The quantitative estimate of drug-likeness (QED) is 0.533. The molecule has 1 heterocycles. The molecule has 4 amide bonds. The molecule has 2 aliphatic rings. The average Bonchev–Trinajstić information content (AvgIpc) is 3.01. The highest BCUT2D eigenvalue weighted by Crippen LogP contribution is 2.45. The molecule has 0 aromatic heterocycles. The Morgan fingerprint density at radius 3 is 2.47 bits per heavy atom. The van der Waals surface area contributed by atoms with E-state index in [2.05, 4.69) is 31.4 Å². The van der Waals surface area contributed by atoms with Gasteiger partial charge in [0, 0.05) is 6.54 Å². The van der Waals surface area contributed by atoms with Crippen LogP contribution in [-0.2, 0) is 9.59 Å². The molecule has 8 heteroatoms. The zero-order chi connectivity index (χ0) is 23.5. The maximum absolute atomic E-state index is 13.1. The van der Waals surface area contributed by atoms with E-state index in [1.165, 1.54) is 0 Å². The first kappa shape index (κ1) is 24.0. The van der Waals surface area contributed by atoms with Gasteiger partial charge >= 0.3 is 6.03 Å². The zero-order valence-electron chi connectivity index (χ0n) is 19.4. The first-order valence-corrected chi connectivity index (χ1v) is 11.3. The second kappa shape index (κ2) is 9.48. The summed E-state index contributed by atoms with van der Waals surface area (Å²) >= 11 is 0. The van der Waals surface area contributed by atoms with Crippen LogP contribution in [0, 0.1) is 11.3 Å². The second-order valence-electron chi connectivity index (χ2n) is 9.61. The molecule has 1 aliphatic heterocycles. The molecule has 1 unspecified atom stereocenters. The van der Waals surface area contributed by atoms with Crippen molar-refractivity contribution in [3.05, 3.63) is 29.8 Å². The summed E-state index contributed by atoms with van der Waals surface area (Å²) in [4.78, 5) is 39.0. The Labute approximate surface area is 189 Å². The summed E-state index contributed by atoms with van der Waals surface area (Å²) in [6.45, 7) is 6.31. The van der Waals surface area contributed by atoms with Crippen LogP contribution in [0.4, 0.5) is 4.79 Å². The lowest BCUT2D eigenvalue weighted by molar-refractivity contribution is -0.136. The molecule has 0 bridgehead atoms. The van der Waals surface area contributed by atoms with E-state index in [9.17, 15) is 19.5 Å². The predicted octanol–water partition coefficient (Wildman–Crippen LogP) is 2.76. The van der Waals surface area contributed by atoms with Crippen molar-refractivity contribution in [3.8, 4) is 5.75 Å². The third-order valence-corrected chi connectivity index (χ3v) is 7.40. The molecule has 1 atom stereocenters. The molecule has 32 heavy (non-hydrogen) atoms. The van der Waals surface area contributed by atoms with E-state index in [-0.39, 0.29) is 24.4 Å². The first-order valence-electron chi connectivity index (χ1n) is 11.3. The topological polar surface area (TPSA) is 108 Å². The van der Waals surface area contributed by atoms with Crippen molar-refractivity contribution in [2.45, 2.75) is 64.5 Å². The number of rotatable bonds is 8. The normalized spacial score (nSPS) is 24.4. The zero-order valence-corrected chi connectivity index (χ0v) is 19.4. The number of ether oxygens (including phenoxy) is 1. The molecule has 1 saturated heterocycles. The number of nitrogens with one attached hydrogen (secondary N) is 2. The Bertz CT molecular complexity index is 844. The maximum atomic E-state index is 13.1. The summed E-state index contributed by atoms with van der Waals surface area (Å²) in [6, 6.07) is 6.36. The van der Waals surface area contributed by atoms with Crippen molar-refractivity contribution in [1.82, 2.24) is 15.5 Å². The summed E-state index contributed by atoms with van der Waals surface area (Å²) in [5.41, 5.74) is -0.0514. The number of hydrogen-bond donors (Lipinski definition) is 3. The number of carbonyl (C=O) groups excluding carboxylic acids is 3. The van der Waals surface area contributed by atoms with E-state index in [1.54, 1.807) is 31.4 Å². The molecule has 8 nitrogen and oxygen atoms in total. The molecule has 176 valence electrons. The Kier molecular flexibility index (Phi) is 7.12. The molecule has 1 saturated carbocycles. The minimum atomic E-state index is -0.906. The highest BCUT2D eigenvalue weighted by atomic mass is 16.5. The van der Waals surface area contributed by atoms with Gasteiger partial charge in [0.1, 0.15) is 17.8 Å². The van der Waals surface area contributed by atoms with Crippen LogP contribution in [0.1, 0.15) is 64.5 Å². The Morgan fingerprint density at radius 2 is 1.91 bits per heavy atom. The number of aliphatic hydroxyl groups is 1. The Morgan fingerprint density at radius 1 is 1.28 bits per heavy atom. The van der Waals surface area contributed by atoms with E-state index < -0.39 is 23.6 Å².